The van der Waals surface area contributed by atoms with E-state index in [4.69, 9.17) is 9.47 Å². The zero-order chi connectivity index (χ0) is 24.2. The van der Waals surface area contributed by atoms with Crippen LogP contribution in [0.5, 0.6) is 11.5 Å². The number of rotatable bonds is 6. The van der Waals surface area contributed by atoms with Crippen LogP contribution in [0.2, 0.25) is 0 Å². The summed E-state index contributed by atoms with van der Waals surface area (Å²) in [6.45, 7) is -0.368. The highest BCUT2D eigenvalue weighted by molar-refractivity contribution is 5.95. The van der Waals surface area contributed by atoms with E-state index >= 15 is 0 Å². The molecule has 1 atom stereocenters. The Morgan fingerprint density at radius 3 is 2.15 bits per heavy atom. The van der Waals surface area contributed by atoms with Crippen LogP contribution in [-0.4, -0.2) is 80.1 Å². The zero-order valence-electron chi connectivity index (χ0n) is 18.6. The van der Waals surface area contributed by atoms with Gasteiger partial charge in [0.1, 0.15) is 24.1 Å². The van der Waals surface area contributed by atoms with Crippen LogP contribution in [0.25, 0.3) is 0 Å². The van der Waals surface area contributed by atoms with E-state index < -0.39 is 24.7 Å². The molecular formula is C22H28F3N3O5. The number of ether oxygens (including phenoxy) is 2. The molecule has 2 saturated heterocycles. The lowest BCUT2D eigenvalue weighted by Crippen LogP contribution is -2.51. The number of methoxy groups -OCH3 is 2. The summed E-state index contributed by atoms with van der Waals surface area (Å²) in [6, 6.07) is 4.02. The molecule has 2 aliphatic rings. The van der Waals surface area contributed by atoms with Crippen LogP contribution in [0, 0.1) is 5.92 Å². The van der Waals surface area contributed by atoms with Crippen molar-refractivity contribution in [3.05, 3.63) is 23.8 Å². The number of nitrogens with one attached hydrogen (secondary N) is 1. The molecule has 0 aromatic heterocycles. The van der Waals surface area contributed by atoms with Crippen molar-refractivity contribution in [1.29, 1.82) is 0 Å². The van der Waals surface area contributed by atoms with Gasteiger partial charge in [0.2, 0.25) is 11.8 Å². The van der Waals surface area contributed by atoms with Gasteiger partial charge in [-0.05, 0) is 37.8 Å². The normalized spacial score (nSPS) is 19.4. The molecule has 0 saturated carbocycles. The Kier molecular flexibility index (Phi) is 7.70. The number of nitrogens with zero attached hydrogens (tertiary/aromatic N) is 2. The Morgan fingerprint density at radius 1 is 1.00 bits per heavy atom. The second kappa shape index (κ2) is 10.3. The van der Waals surface area contributed by atoms with Crippen molar-refractivity contribution in [1.82, 2.24) is 15.1 Å². The van der Waals surface area contributed by atoms with Crippen molar-refractivity contribution in [3.63, 3.8) is 0 Å². The molecular weight excluding hydrogens is 443 g/mol. The average Bonchev–Trinajstić information content (AvgIpc) is 3.31. The molecule has 0 spiro atoms. The van der Waals surface area contributed by atoms with Crippen LogP contribution in [0.1, 0.15) is 36.0 Å². The van der Waals surface area contributed by atoms with E-state index in [1.54, 1.807) is 23.1 Å². The van der Waals surface area contributed by atoms with E-state index in [-0.39, 0.29) is 17.7 Å². The number of carbonyl (C=O) groups excluding carboxylic acids is 3. The number of halogens is 3. The summed E-state index contributed by atoms with van der Waals surface area (Å²) in [4.78, 5) is 41.2. The van der Waals surface area contributed by atoms with Crippen LogP contribution >= 0.6 is 0 Å². The molecule has 2 heterocycles. The predicted octanol–water partition coefficient (Wildman–Crippen LogP) is 2.23. The summed E-state index contributed by atoms with van der Waals surface area (Å²) in [7, 11) is 2.99. The van der Waals surface area contributed by atoms with Crippen LogP contribution < -0.4 is 14.8 Å². The molecule has 3 rings (SSSR count). The molecule has 0 radical (unpaired) electrons. The SMILES string of the molecule is COc1cc(OC)cc(C(=O)N2CCC(C(=O)N3CCCC3C(=O)NCC(F)(F)F)CC2)c1. The van der Waals surface area contributed by atoms with Crippen LogP contribution in [-0.2, 0) is 9.59 Å². The van der Waals surface area contributed by atoms with E-state index in [0.717, 1.165) is 0 Å². The van der Waals surface area contributed by atoms with Crippen LogP contribution in [0.15, 0.2) is 18.2 Å². The van der Waals surface area contributed by atoms with Crippen molar-refractivity contribution >= 4 is 17.7 Å². The molecule has 1 N–H and O–H groups in total. The molecule has 182 valence electrons. The lowest BCUT2D eigenvalue weighted by atomic mass is 9.94. The first-order valence-corrected chi connectivity index (χ1v) is 10.8. The number of likely N-dealkylation sites (tertiary alicyclic amines) is 2. The van der Waals surface area contributed by atoms with Crippen molar-refractivity contribution < 1.29 is 37.0 Å². The van der Waals surface area contributed by atoms with Gasteiger partial charge in [0.05, 0.1) is 14.2 Å². The Morgan fingerprint density at radius 2 is 1.61 bits per heavy atom. The molecule has 0 aliphatic carbocycles. The molecule has 1 aromatic rings. The maximum absolute atomic E-state index is 13.0. The third kappa shape index (κ3) is 6.08. The minimum absolute atomic E-state index is 0.205. The van der Waals surface area contributed by atoms with E-state index in [1.165, 1.54) is 19.1 Å². The Bertz CT molecular complexity index is 862. The Balaban J connectivity index is 1.58. The molecule has 2 aliphatic heterocycles. The van der Waals surface area contributed by atoms with Gasteiger partial charge in [0, 0.05) is 37.2 Å². The highest BCUT2D eigenvalue weighted by atomic mass is 19.4. The minimum atomic E-state index is -4.50. The van der Waals surface area contributed by atoms with E-state index in [0.29, 0.717) is 62.4 Å². The lowest BCUT2D eigenvalue weighted by Gasteiger charge is -2.34. The topological polar surface area (TPSA) is 88.2 Å². The Labute approximate surface area is 190 Å². The number of carbonyl (C=O) groups is 3. The summed E-state index contributed by atoms with van der Waals surface area (Å²) in [5.41, 5.74) is 0.414. The summed E-state index contributed by atoms with van der Waals surface area (Å²) >= 11 is 0. The fourth-order valence-corrected chi connectivity index (χ4v) is 4.29. The van der Waals surface area contributed by atoms with Gasteiger partial charge < -0.3 is 24.6 Å². The first-order valence-electron chi connectivity index (χ1n) is 10.8. The molecule has 3 amide bonds. The molecule has 1 aromatic carbocycles. The summed E-state index contributed by atoms with van der Waals surface area (Å²) in [6.07, 6.45) is -2.78. The van der Waals surface area contributed by atoms with Gasteiger partial charge in [-0.2, -0.15) is 13.2 Å². The second-order valence-corrected chi connectivity index (χ2v) is 8.19. The zero-order valence-corrected chi connectivity index (χ0v) is 18.6. The summed E-state index contributed by atoms with van der Waals surface area (Å²) < 4.78 is 47.7. The number of alkyl halides is 3. The maximum Gasteiger partial charge on any atom is 0.405 e. The third-order valence-electron chi connectivity index (χ3n) is 6.03. The van der Waals surface area contributed by atoms with Gasteiger partial charge in [-0.15, -0.1) is 0 Å². The van der Waals surface area contributed by atoms with Crippen molar-refractivity contribution in [3.8, 4) is 11.5 Å². The van der Waals surface area contributed by atoms with Gasteiger partial charge in [0.15, 0.2) is 0 Å². The first kappa shape index (κ1) is 24.7. The molecule has 33 heavy (non-hydrogen) atoms. The number of benzene rings is 1. The van der Waals surface area contributed by atoms with Crippen LogP contribution in [0.3, 0.4) is 0 Å². The van der Waals surface area contributed by atoms with E-state index in [9.17, 15) is 27.6 Å². The highest BCUT2D eigenvalue weighted by Crippen LogP contribution is 2.28. The lowest BCUT2D eigenvalue weighted by molar-refractivity contribution is -0.147. The van der Waals surface area contributed by atoms with Crippen molar-refractivity contribution in [2.24, 2.45) is 5.92 Å². The van der Waals surface area contributed by atoms with Crippen molar-refractivity contribution in [2.75, 3.05) is 40.4 Å². The number of piperidine rings is 1. The number of hydrogen-bond acceptors (Lipinski definition) is 5. The minimum Gasteiger partial charge on any atom is -0.497 e. The average molecular weight is 471 g/mol. The van der Waals surface area contributed by atoms with Crippen LogP contribution in [0.4, 0.5) is 13.2 Å². The quantitative estimate of drug-likeness (QED) is 0.688. The molecule has 0 bridgehead atoms. The Hall–Kier alpha value is -2.98. The van der Waals surface area contributed by atoms with Gasteiger partial charge >= 0.3 is 6.18 Å². The standard InChI is InChI=1S/C22H28F3N3O5/c1-32-16-10-15(11-17(12-16)33-2)20(30)27-8-5-14(6-9-27)21(31)28-7-3-4-18(28)19(29)26-13-22(23,24)25/h10-12,14,18H,3-9,13H2,1-2H3,(H,26,29). The smallest absolute Gasteiger partial charge is 0.405 e. The number of amides is 3. The molecule has 1 unspecified atom stereocenters. The van der Waals surface area contributed by atoms with Gasteiger partial charge in [-0.25, -0.2) is 0 Å². The van der Waals surface area contributed by atoms with Gasteiger partial charge in [-0.1, -0.05) is 0 Å². The monoisotopic (exact) mass is 471 g/mol. The summed E-state index contributed by atoms with van der Waals surface area (Å²) in [5, 5.41) is 1.88. The third-order valence-corrected chi connectivity index (χ3v) is 6.03. The van der Waals surface area contributed by atoms with E-state index in [1.807, 2.05) is 5.32 Å². The fourth-order valence-electron chi connectivity index (χ4n) is 4.29. The molecule has 11 heteroatoms. The number of hydrogen-bond donors (Lipinski definition) is 1. The second-order valence-electron chi connectivity index (χ2n) is 8.19. The molecule has 2 fully saturated rings. The molecule has 8 nitrogen and oxygen atoms in total. The van der Waals surface area contributed by atoms with Gasteiger partial charge in [-0.3, -0.25) is 14.4 Å². The van der Waals surface area contributed by atoms with Gasteiger partial charge in [0.25, 0.3) is 5.91 Å². The fraction of sp³-hybridized carbons (Fsp3) is 0.591. The van der Waals surface area contributed by atoms with Crippen molar-refractivity contribution in [2.45, 2.75) is 37.9 Å². The largest absolute Gasteiger partial charge is 0.497 e. The van der Waals surface area contributed by atoms with E-state index in [2.05, 4.69) is 0 Å². The first-order chi connectivity index (χ1) is 15.6. The maximum atomic E-state index is 13.0. The highest BCUT2D eigenvalue weighted by Gasteiger charge is 2.39. The predicted molar refractivity (Wildman–Crippen MR) is 112 cm³/mol. The summed E-state index contributed by atoms with van der Waals surface area (Å²) in [5.74, 6) is -0.626.